The monoisotopic (exact) mass is 285 g/mol. The van der Waals surface area contributed by atoms with Crippen LogP contribution in [0.1, 0.15) is 0 Å². The molecule has 0 aliphatic rings. The fourth-order valence-corrected chi connectivity index (χ4v) is 1.66. The molecule has 6 nitrogen and oxygen atoms in total. The largest absolute Gasteiger partial charge is 0.382 e. The minimum atomic E-state index is -0.366. The van der Waals surface area contributed by atoms with Crippen LogP contribution in [0.3, 0.4) is 0 Å². The Labute approximate surface area is 112 Å². The Morgan fingerprint density at radius 2 is 2.06 bits per heavy atom. The third kappa shape index (κ3) is 2.25. The lowest BCUT2D eigenvalue weighted by Gasteiger charge is -1.97. The van der Waals surface area contributed by atoms with Gasteiger partial charge in [0.15, 0.2) is 5.69 Å². The van der Waals surface area contributed by atoms with Gasteiger partial charge in [-0.3, -0.25) is 14.6 Å². The van der Waals surface area contributed by atoms with E-state index in [2.05, 4.69) is 15.3 Å². The van der Waals surface area contributed by atoms with Crippen molar-refractivity contribution in [2.75, 3.05) is 5.73 Å². The molecule has 1 heterocycles. The summed E-state index contributed by atoms with van der Waals surface area (Å²) in [7, 11) is 1.53. The van der Waals surface area contributed by atoms with E-state index in [0.717, 1.165) is 0 Å². The van der Waals surface area contributed by atoms with E-state index in [1.807, 2.05) is 0 Å². The second-order valence-corrected chi connectivity index (χ2v) is 4.30. The lowest BCUT2D eigenvalue weighted by atomic mass is 10.3. The van der Waals surface area contributed by atoms with E-state index in [0.29, 0.717) is 10.7 Å². The van der Waals surface area contributed by atoms with Crippen LogP contribution < -0.4 is 11.3 Å². The molecule has 8 heteroatoms. The first-order chi connectivity index (χ1) is 8.50. The number of nitrogens with two attached hydrogens (primary N) is 1. The molecule has 1 aromatic heterocycles. The van der Waals surface area contributed by atoms with E-state index < -0.39 is 0 Å². The fourth-order valence-electron chi connectivity index (χ4n) is 1.33. The van der Waals surface area contributed by atoms with Crippen molar-refractivity contribution in [2.45, 2.75) is 0 Å². The molecule has 0 bridgehead atoms. The molecule has 2 rings (SSSR count). The van der Waals surface area contributed by atoms with Gasteiger partial charge in [0.25, 0.3) is 5.56 Å². The number of aromatic amines is 1. The van der Waals surface area contributed by atoms with Crippen LogP contribution in [0, 0.1) is 0 Å². The molecule has 0 saturated carbocycles. The smallest absolute Gasteiger partial charge is 0.296 e. The molecule has 0 fully saturated rings. The highest BCUT2D eigenvalue weighted by Crippen LogP contribution is 2.32. The Hall–Kier alpha value is -1.79. The second-order valence-electron chi connectivity index (χ2n) is 3.51. The van der Waals surface area contributed by atoms with Crippen LogP contribution in [-0.4, -0.2) is 9.78 Å². The molecule has 0 spiro atoms. The molecule has 1 aromatic carbocycles. The summed E-state index contributed by atoms with van der Waals surface area (Å²) >= 11 is 11.8. The molecule has 18 heavy (non-hydrogen) atoms. The normalized spacial score (nSPS) is 11.3. The summed E-state index contributed by atoms with van der Waals surface area (Å²) in [4.78, 5) is 11.6. The highest BCUT2D eigenvalue weighted by molar-refractivity contribution is 6.43. The zero-order valence-corrected chi connectivity index (χ0v) is 10.8. The lowest BCUT2D eigenvalue weighted by molar-refractivity contribution is 0.743. The summed E-state index contributed by atoms with van der Waals surface area (Å²) in [6.07, 6.45) is 0. The molecule has 0 aliphatic carbocycles. The molecule has 0 aliphatic heterocycles. The summed E-state index contributed by atoms with van der Waals surface area (Å²) in [6, 6.07) is 4.94. The zero-order valence-electron chi connectivity index (χ0n) is 9.32. The Balaban J connectivity index is 2.42. The summed E-state index contributed by atoms with van der Waals surface area (Å²) in [5, 5.41) is 10.9. The van der Waals surface area contributed by atoms with E-state index in [9.17, 15) is 4.79 Å². The van der Waals surface area contributed by atoms with Crippen molar-refractivity contribution in [3.63, 3.8) is 0 Å². The quantitative estimate of drug-likeness (QED) is 0.831. The van der Waals surface area contributed by atoms with Crippen molar-refractivity contribution < 1.29 is 0 Å². The molecule has 0 amide bonds. The topological polar surface area (TPSA) is 88.5 Å². The lowest BCUT2D eigenvalue weighted by Crippen LogP contribution is -2.10. The summed E-state index contributed by atoms with van der Waals surface area (Å²) in [5.74, 6) is 0.143. The Kier molecular flexibility index (Phi) is 3.40. The maximum Gasteiger partial charge on any atom is 0.296 e. The summed E-state index contributed by atoms with van der Waals surface area (Å²) in [5.41, 5.74) is 5.62. The number of aryl methyl sites for hydroxylation is 1. The Morgan fingerprint density at radius 1 is 1.33 bits per heavy atom. The maximum atomic E-state index is 11.6. The molecule has 2 aromatic rings. The van der Waals surface area contributed by atoms with Gasteiger partial charge in [-0.25, -0.2) is 0 Å². The van der Waals surface area contributed by atoms with E-state index in [1.165, 1.54) is 11.7 Å². The second kappa shape index (κ2) is 4.83. The SMILES string of the molecule is Cn1[nH]c(N)c(N=Nc2cccc(Cl)c2Cl)c1=O. The van der Waals surface area contributed by atoms with Gasteiger partial charge >= 0.3 is 0 Å². The number of H-pyrrole nitrogens is 1. The first-order valence-corrected chi connectivity index (χ1v) is 5.66. The predicted octanol–water partition coefficient (Wildman–Crippen LogP) is 3.02. The van der Waals surface area contributed by atoms with Gasteiger partial charge in [0.05, 0.1) is 10.0 Å². The number of nitrogens with zero attached hydrogens (tertiary/aromatic N) is 3. The number of hydrogen-bond acceptors (Lipinski definition) is 4. The fraction of sp³-hybridized carbons (Fsp3) is 0.100. The van der Waals surface area contributed by atoms with Gasteiger partial charge in [-0.15, -0.1) is 10.2 Å². The maximum absolute atomic E-state index is 11.6. The van der Waals surface area contributed by atoms with Gasteiger partial charge in [-0.1, -0.05) is 29.3 Å². The van der Waals surface area contributed by atoms with Gasteiger partial charge in [0.1, 0.15) is 11.5 Å². The highest BCUT2D eigenvalue weighted by Gasteiger charge is 2.09. The van der Waals surface area contributed by atoms with Gasteiger partial charge in [0.2, 0.25) is 0 Å². The molecule has 94 valence electrons. The standard InChI is InChI=1S/C10H9Cl2N5O/c1-17-10(18)8(9(13)16-17)15-14-6-4-2-3-5(11)7(6)12/h2-4,16H,13H2,1H3. The van der Waals surface area contributed by atoms with Crippen LogP contribution >= 0.6 is 23.2 Å². The Morgan fingerprint density at radius 3 is 2.67 bits per heavy atom. The van der Waals surface area contributed by atoms with Crippen LogP contribution in [0.5, 0.6) is 0 Å². The molecule has 0 atom stereocenters. The van der Waals surface area contributed by atoms with E-state index >= 15 is 0 Å². The number of azo groups is 1. The van der Waals surface area contributed by atoms with Crippen LogP contribution in [0.15, 0.2) is 33.2 Å². The molecular formula is C10H9Cl2N5O. The van der Waals surface area contributed by atoms with Crippen molar-refractivity contribution in [1.82, 2.24) is 9.78 Å². The number of halogens is 2. The number of nitrogens with one attached hydrogen (secondary N) is 1. The molecular weight excluding hydrogens is 277 g/mol. The van der Waals surface area contributed by atoms with E-state index in [4.69, 9.17) is 28.9 Å². The van der Waals surface area contributed by atoms with Crippen molar-refractivity contribution in [3.8, 4) is 0 Å². The van der Waals surface area contributed by atoms with Crippen LogP contribution in [0.2, 0.25) is 10.0 Å². The molecule has 0 saturated heterocycles. The highest BCUT2D eigenvalue weighted by atomic mass is 35.5. The number of aromatic nitrogens is 2. The van der Waals surface area contributed by atoms with Gasteiger partial charge in [-0.05, 0) is 12.1 Å². The average Bonchev–Trinajstić information content (AvgIpc) is 2.56. The van der Waals surface area contributed by atoms with E-state index in [-0.39, 0.29) is 22.1 Å². The molecule has 3 N–H and O–H groups in total. The molecule has 0 unspecified atom stereocenters. The summed E-state index contributed by atoms with van der Waals surface area (Å²) in [6.45, 7) is 0. The molecule has 0 radical (unpaired) electrons. The third-order valence-electron chi connectivity index (χ3n) is 2.24. The van der Waals surface area contributed by atoms with Crippen molar-refractivity contribution in [2.24, 2.45) is 17.3 Å². The third-order valence-corrected chi connectivity index (χ3v) is 3.05. The van der Waals surface area contributed by atoms with Crippen LogP contribution in [0.25, 0.3) is 0 Å². The van der Waals surface area contributed by atoms with Gasteiger partial charge in [-0.2, -0.15) is 0 Å². The number of benzene rings is 1. The number of rotatable bonds is 2. The van der Waals surface area contributed by atoms with Crippen molar-refractivity contribution in [3.05, 3.63) is 38.6 Å². The van der Waals surface area contributed by atoms with Gasteiger partial charge < -0.3 is 5.73 Å². The number of hydrogen-bond donors (Lipinski definition) is 2. The van der Waals surface area contributed by atoms with Crippen LogP contribution in [0.4, 0.5) is 17.2 Å². The van der Waals surface area contributed by atoms with Crippen LogP contribution in [-0.2, 0) is 7.05 Å². The Bertz CT molecular complexity index is 673. The predicted molar refractivity (Wildman–Crippen MR) is 71.1 cm³/mol. The van der Waals surface area contributed by atoms with Gasteiger partial charge in [0, 0.05) is 7.05 Å². The number of anilines is 1. The van der Waals surface area contributed by atoms with E-state index in [1.54, 1.807) is 18.2 Å². The summed E-state index contributed by atoms with van der Waals surface area (Å²) < 4.78 is 1.21. The average molecular weight is 286 g/mol. The zero-order chi connectivity index (χ0) is 13.3. The van der Waals surface area contributed by atoms with Crippen molar-refractivity contribution >= 4 is 40.4 Å². The minimum absolute atomic E-state index is 0.0357. The van der Waals surface area contributed by atoms with Crippen molar-refractivity contribution in [1.29, 1.82) is 0 Å². The number of nitrogen functional groups attached to an aromatic ring is 1. The minimum Gasteiger partial charge on any atom is -0.382 e. The first-order valence-electron chi connectivity index (χ1n) is 4.91. The first kappa shape index (κ1) is 12.7.